The number of hydrogen-bond acceptors (Lipinski definition) is 3. The van der Waals surface area contributed by atoms with Gasteiger partial charge in [0, 0.05) is 13.0 Å². The van der Waals surface area contributed by atoms with Crippen molar-refractivity contribution in [3.8, 4) is 0 Å². The van der Waals surface area contributed by atoms with Gasteiger partial charge in [0.05, 0.1) is 6.54 Å². The van der Waals surface area contributed by atoms with Crippen molar-refractivity contribution in [2.75, 3.05) is 13.1 Å². The van der Waals surface area contributed by atoms with E-state index in [1.165, 1.54) is 5.56 Å². The van der Waals surface area contributed by atoms with E-state index in [9.17, 15) is 4.79 Å². The Balaban J connectivity index is 2.37. The molecular weight excluding hydrogens is 242 g/mol. The SMILES string of the molecule is CCN(CC(N)=NO)C(=O)CCCc1ccccc1. The molecule has 0 radical (unpaired) electrons. The van der Waals surface area contributed by atoms with Crippen molar-refractivity contribution in [2.45, 2.75) is 26.2 Å². The molecule has 1 aromatic rings. The minimum atomic E-state index is 0.0324. The first-order chi connectivity index (χ1) is 9.17. The van der Waals surface area contributed by atoms with Crippen LogP contribution in [0.15, 0.2) is 35.5 Å². The lowest BCUT2D eigenvalue weighted by molar-refractivity contribution is -0.130. The lowest BCUT2D eigenvalue weighted by atomic mass is 10.1. The number of oxime groups is 1. The molecule has 1 rings (SSSR count). The molecule has 1 amide bonds. The molecule has 0 bridgehead atoms. The highest BCUT2D eigenvalue weighted by Gasteiger charge is 2.12. The van der Waals surface area contributed by atoms with E-state index in [0.717, 1.165) is 12.8 Å². The molecule has 0 heterocycles. The van der Waals surface area contributed by atoms with Crippen LogP contribution in [0.25, 0.3) is 0 Å². The summed E-state index contributed by atoms with van der Waals surface area (Å²) in [5.41, 5.74) is 6.64. The lowest BCUT2D eigenvalue weighted by Crippen LogP contribution is -2.38. The molecule has 0 aromatic heterocycles. The number of amidine groups is 1. The van der Waals surface area contributed by atoms with Gasteiger partial charge in [0.25, 0.3) is 0 Å². The summed E-state index contributed by atoms with van der Waals surface area (Å²) in [6.45, 7) is 2.61. The van der Waals surface area contributed by atoms with Gasteiger partial charge in [-0.3, -0.25) is 4.79 Å². The largest absolute Gasteiger partial charge is 0.409 e. The van der Waals surface area contributed by atoms with Crippen LogP contribution in [-0.2, 0) is 11.2 Å². The Bertz CT molecular complexity index is 418. The Morgan fingerprint density at radius 2 is 2.05 bits per heavy atom. The smallest absolute Gasteiger partial charge is 0.222 e. The zero-order valence-electron chi connectivity index (χ0n) is 11.2. The highest BCUT2D eigenvalue weighted by Crippen LogP contribution is 2.06. The molecule has 0 aliphatic rings. The Morgan fingerprint density at radius 3 is 2.63 bits per heavy atom. The van der Waals surface area contributed by atoms with Gasteiger partial charge in [-0.05, 0) is 25.3 Å². The van der Waals surface area contributed by atoms with Gasteiger partial charge < -0.3 is 15.8 Å². The van der Waals surface area contributed by atoms with Gasteiger partial charge in [0.15, 0.2) is 5.84 Å². The van der Waals surface area contributed by atoms with Crippen LogP contribution in [-0.4, -0.2) is 34.9 Å². The second kappa shape index (κ2) is 8.13. The Hall–Kier alpha value is -2.04. The van der Waals surface area contributed by atoms with Crippen molar-refractivity contribution in [2.24, 2.45) is 10.9 Å². The first kappa shape index (κ1) is 15.0. The van der Waals surface area contributed by atoms with E-state index < -0.39 is 0 Å². The maximum Gasteiger partial charge on any atom is 0.222 e. The molecule has 5 heteroatoms. The zero-order chi connectivity index (χ0) is 14.1. The summed E-state index contributed by atoms with van der Waals surface area (Å²) in [6.07, 6.45) is 2.16. The molecule has 19 heavy (non-hydrogen) atoms. The third-order valence-corrected chi connectivity index (χ3v) is 2.91. The Morgan fingerprint density at radius 1 is 1.37 bits per heavy atom. The summed E-state index contributed by atoms with van der Waals surface area (Å²) >= 11 is 0. The number of amides is 1. The fourth-order valence-corrected chi connectivity index (χ4v) is 1.85. The molecule has 0 aliphatic heterocycles. The van der Waals surface area contributed by atoms with E-state index in [-0.39, 0.29) is 18.3 Å². The lowest BCUT2D eigenvalue weighted by Gasteiger charge is -2.19. The van der Waals surface area contributed by atoms with E-state index >= 15 is 0 Å². The van der Waals surface area contributed by atoms with Gasteiger partial charge in [-0.2, -0.15) is 0 Å². The van der Waals surface area contributed by atoms with Crippen LogP contribution >= 0.6 is 0 Å². The molecule has 0 saturated heterocycles. The zero-order valence-corrected chi connectivity index (χ0v) is 11.2. The van der Waals surface area contributed by atoms with Crippen LogP contribution in [0, 0.1) is 0 Å². The predicted octanol–water partition coefficient (Wildman–Crippen LogP) is 1.60. The second-order valence-corrected chi connectivity index (χ2v) is 4.34. The molecule has 0 saturated carbocycles. The molecule has 1 aromatic carbocycles. The summed E-state index contributed by atoms with van der Waals surface area (Å²) in [5.74, 6) is 0.0864. The topological polar surface area (TPSA) is 78.9 Å². The van der Waals surface area contributed by atoms with Gasteiger partial charge in [-0.15, -0.1) is 0 Å². The summed E-state index contributed by atoms with van der Waals surface area (Å²) < 4.78 is 0. The summed E-state index contributed by atoms with van der Waals surface area (Å²) in [7, 11) is 0. The highest BCUT2D eigenvalue weighted by molar-refractivity contribution is 5.86. The number of carbonyl (C=O) groups excluding carboxylic acids is 1. The van der Waals surface area contributed by atoms with Crippen LogP contribution in [0.4, 0.5) is 0 Å². The highest BCUT2D eigenvalue weighted by atomic mass is 16.4. The molecule has 0 spiro atoms. The number of nitrogens with zero attached hydrogens (tertiary/aromatic N) is 2. The Labute approximate surface area is 113 Å². The minimum absolute atomic E-state index is 0.0324. The number of rotatable bonds is 7. The molecular formula is C14H21N3O2. The van der Waals surface area contributed by atoms with Gasteiger partial charge in [-0.25, -0.2) is 0 Å². The normalized spacial score (nSPS) is 11.3. The van der Waals surface area contributed by atoms with E-state index in [1.807, 2.05) is 25.1 Å². The van der Waals surface area contributed by atoms with Crippen molar-refractivity contribution in [3.63, 3.8) is 0 Å². The number of hydrogen-bond donors (Lipinski definition) is 2. The van der Waals surface area contributed by atoms with E-state index in [1.54, 1.807) is 4.90 Å². The summed E-state index contributed by atoms with van der Waals surface area (Å²) in [6, 6.07) is 10.1. The molecule has 0 unspecified atom stereocenters. The van der Waals surface area contributed by atoms with Crippen molar-refractivity contribution in [1.29, 1.82) is 0 Å². The van der Waals surface area contributed by atoms with Crippen molar-refractivity contribution in [3.05, 3.63) is 35.9 Å². The molecule has 0 atom stereocenters. The molecule has 5 nitrogen and oxygen atoms in total. The van der Waals surface area contributed by atoms with Crippen LogP contribution in [0.5, 0.6) is 0 Å². The van der Waals surface area contributed by atoms with Crippen molar-refractivity contribution < 1.29 is 10.0 Å². The van der Waals surface area contributed by atoms with Crippen LogP contribution in [0.2, 0.25) is 0 Å². The molecule has 3 N–H and O–H groups in total. The third kappa shape index (κ3) is 5.42. The van der Waals surface area contributed by atoms with Gasteiger partial charge in [-0.1, -0.05) is 35.5 Å². The third-order valence-electron chi connectivity index (χ3n) is 2.91. The molecule has 0 fully saturated rings. The van der Waals surface area contributed by atoms with E-state index in [4.69, 9.17) is 10.9 Å². The van der Waals surface area contributed by atoms with Gasteiger partial charge >= 0.3 is 0 Å². The second-order valence-electron chi connectivity index (χ2n) is 4.34. The average Bonchev–Trinajstić information content (AvgIpc) is 2.45. The standard InChI is InChI=1S/C14H21N3O2/c1-2-17(11-13(15)16-19)14(18)10-6-9-12-7-4-3-5-8-12/h3-5,7-8,19H,2,6,9-11H2,1H3,(H2,15,16). The molecule has 0 aliphatic carbocycles. The summed E-state index contributed by atoms with van der Waals surface area (Å²) in [4.78, 5) is 13.5. The maximum absolute atomic E-state index is 11.9. The Kier molecular flexibility index (Phi) is 6.43. The number of nitrogens with two attached hydrogens (primary N) is 1. The maximum atomic E-state index is 11.9. The monoisotopic (exact) mass is 263 g/mol. The number of benzene rings is 1. The number of aryl methyl sites for hydroxylation is 1. The summed E-state index contributed by atoms with van der Waals surface area (Å²) in [5, 5.41) is 11.4. The number of carbonyl (C=O) groups is 1. The van der Waals surface area contributed by atoms with E-state index in [2.05, 4.69) is 17.3 Å². The molecule has 104 valence electrons. The first-order valence-electron chi connectivity index (χ1n) is 6.45. The van der Waals surface area contributed by atoms with Gasteiger partial charge in [0.1, 0.15) is 0 Å². The van der Waals surface area contributed by atoms with Crippen molar-refractivity contribution >= 4 is 11.7 Å². The van der Waals surface area contributed by atoms with Crippen LogP contribution < -0.4 is 5.73 Å². The van der Waals surface area contributed by atoms with E-state index in [0.29, 0.717) is 13.0 Å². The van der Waals surface area contributed by atoms with Crippen LogP contribution in [0.3, 0.4) is 0 Å². The fourth-order valence-electron chi connectivity index (χ4n) is 1.85. The minimum Gasteiger partial charge on any atom is -0.409 e. The average molecular weight is 263 g/mol. The number of likely N-dealkylation sites (N-methyl/N-ethyl adjacent to an activating group) is 1. The fraction of sp³-hybridized carbons (Fsp3) is 0.429. The van der Waals surface area contributed by atoms with Gasteiger partial charge in [0.2, 0.25) is 5.91 Å². The predicted molar refractivity (Wildman–Crippen MR) is 75.0 cm³/mol. The van der Waals surface area contributed by atoms with Crippen molar-refractivity contribution in [1.82, 2.24) is 4.90 Å². The quantitative estimate of drug-likeness (QED) is 0.339. The first-order valence-corrected chi connectivity index (χ1v) is 6.45. The van der Waals surface area contributed by atoms with Crippen LogP contribution in [0.1, 0.15) is 25.3 Å².